The monoisotopic (exact) mass is 373 g/mol. The molecule has 0 saturated heterocycles. The maximum Gasteiger partial charge on any atom is 0.255 e. The van der Waals surface area contributed by atoms with Crippen LogP contribution in [0.25, 0.3) is 0 Å². The first-order valence-electron chi connectivity index (χ1n) is 8.11. The van der Waals surface area contributed by atoms with Gasteiger partial charge in [-0.15, -0.1) is 12.4 Å². The van der Waals surface area contributed by atoms with Gasteiger partial charge in [-0.25, -0.2) is 0 Å². The average Bonchev–Trinajstić information content (AvgIpc) is 2.95. The van der Waals surface area contributed by atoms with Crippen molar-refractivity contribution in [3.8, 4) is 0 Å². The highest BCUT2D eigenvalue weighted by Crippen LogP contribution is 2.27. The Labute approximate surface area is 154 Å². The third kappa shape index (κ3) is 4.85. The molecule has 0 aromatic heterocycles. The van der Waals surface area contributed by atoms with Crippen LogP contribution in [0, 0.1) is 5.92 Å². The summed E-state index contributed by atoms with van der Waals surface area (Å²) >= 11 is 6.23. The van der Waals surface area contributed by atoms with Gasteiger partial charge in [-0.2, -0.15) is 0 Å². The van der Waals surface area contributed by atoms with Crippen molar-refractivity contribution < 1.29 is 9.59 Å². The third-order valence-electron chi connectivity index (χ3n) is 4.36. The van der Waals surface area contributed by atoms with Crippen molar-refractivity contribution in [2.45, 2.75) is 39.2 Å². The number of hydrogen-bond acceptors (Lipinski definition) is 3. The molecular weight excluding hydrogens is 349 g/mol. The van der Waals surface area contributed by atoms with E-state index in [-0.39, 0.29) is 36.2 Å². The molecule has 1 fully saturated rings. The summed E-state index contributed by atoms with van der Waals surface area (Å²) in [5, 5.41) is 3.21. The number of nitrogens with one attached hydrogen (secondary N) is 1. The highest BCUT2D eigenvalue weighted by atomic mass is 35.5. The maximum atomic E-state index is 12.3. The lowest BCUT2D eigenvalue weighted by atomic mass is 10.1. The van der Waals surface area contributed by atoms with Crippen LogP contribution in [0.4, 0.5) is 5.69 Å². The fourth-order valence-corrected chi connectivity index (χ4v) is 3.21. The standard InChI is InChI=1S/C17H24ClN3O2.ClH/c1-3-21(4-2)17(23)14-8-7-13(10-15(14)18)20-16(22)11-5-6-12(19)9-11;/h7-8,10-12H,3-6,9,19H2,1-2H3,(H,20,22);1H. The second-order valence-electron chi connectivity index (χ2n) is 5.93. The van der Waals surface area contributed by atoms with Crippen molar-refractivity contribution in [3.05, 3.63) is 28.8 Å². The van der Waals surface area contributed by atoms with Crippen LogP contribution >= 0.6 is 24.0 Å². The molecule has 0 bridgehead atoms. The van der Waals surface area contributed by atoms with Gasteiger partial charge in [0.1, 0.15) is 0 Å². The zero-order valence-electron chi connectivity index (χ0n) is 14.0. The van der Waals surface area contributed by atoms with Crippen molar-refractivity contribution in [1.29, 1.82) is 0 Å². The van der Waals surface area contributed by atoms with E-state index in [9.17, 15) is 9.59 Å². The normalized spacial score (nSPS) is 19.5. The number of amides is 2. The molecule has 0 aliphatic heterocycles. The molecule has 2 amide bonds. The molecule has 3 N–H and O–H groups in total. The lowest BCUT2D eigenvalue weighted by Gasteiger charge is -2.19. The van der Waals surface area contributed by atoms with Crippen LogP contribution in [0.5, 0.6) is 0 Å². The Kier molecular flexibility index (Phi) is 8.00. The number of nitrogens with zero attached hydrogens (tertiary/aromatic N) is 1. The molecule has 1 saturated carbocycles. The highest BCUT2D eigenvalue weighted by Gasteiger charge is 2.28. The molecule has 0 heterocycles. The number of carbonyl (C=O) groups is 2. The first-order chi connectivity index (χ1) is 11.0. The molecule has 2 rings (SSSR count). The van der Waals surface area contributed by atoms with Crippen molar-refractivity contribution in [1.82, 2.24) is 4.90 Å². The maximum absolute atomic E-state index is 12.3. The molecule has 0 spiro atoms. The van der Waals surface area contributed by atoms with Gasteiger partial charge in [-0.05, 0) is 51.3 Å². The Morgan fingerprint density at radius 3 is 2.46 bits per heavy atom. The van der Waals surface area contributed by atoms with Gasteiger partial charge in [0.2, 0.25) is 5.91 Å². The Hall–Kier alpha value is -1.30. The van der Waals surface area contributed by atoms with Crippen molar-refractivity contribution in [2.24, 2.45) is 11.7 Å². The van der Waals surface area contributed by atoms with Gasteiger partial charge in [-0.3, -0.25) is 9.59 Å². The van der Waals surface area contributed by atoms with Crippen LogP contribution < -0.4 is 11.1 Å². The fourth-order valence-electron chi connectivity index (χ4n) is 2.95. The average molecular weight is 374 g/mol. The molecule has 0 radical (unpaired) electrons. The predicted octanol–water partition coefficient (Wildman–Crippen LogP) is 3.31. The van der Waals surface area contributed by atoms with Gasteiger partial charge in [0.15, 0.2) is 0 Å². The molecule has 134 valence electrons. The Morgan fingerprint density at radius 1 is 1.29 bits per heavy atom. The van der Waals surface area contributed by atoms with E-state index in [1.165, 1.54) is 0 Å². The molecule has 2 atom stereocenters. The van der Waals surface area contributed by atoms with Gasteiger partial charge in [0, 0.05) is 30.7 Å². The van der Waals surface area contributed by atoms with Crippen molar-refractivity contribution >= 4 is 41.5 Å². The Morgan fingerprint density at radius 2 is 1.96 bits per heavy atom. The lowest BCUT2D eigenvalue weighted by Crippen LogP contribution is -2.30. The molecule has 1 aromatic carbocycles. The summed E-state index contributed by atoms with van der Waals surface area (Å²) in [6, 6.07) is 5.13. The fraction of sp³-hybridized carbons (Fsp3) is 0.529. The SMILES string of the molecule is CCN(CC)C(=O)c1ccc(NC(=O)C2CCC(N)C2)cc1Cl.Cl. The molecule has 1 aromatic rings. The molecule has 1 aliphatic rings. The van der Waals surface area contributed by atoms with Gasteiger partial charge < -0.3 is 16.0 Å². The summed E-state index contributed by atoms with van der Waals surface area (Å²) in [5.74, 6) is -0.169. The Bertz CT molecular complexity index is 591. The topological polar surface area (TPSA) is 75.4 Å². The van der Waals surface area contributed by atoms with E-state index in [2.05, 4.69) is 5.32 Å². The van der Waals surface area contributed by atoms with E-state index in [1.807, 2.05) is 13.8 Å². The first kappa shape index (κ1) is 20.7. The van der Waals surface area contributed by atoms with Crippen LogP contribution in [0.1, 0.15) is 43.5 Å². The second-order valence-corrected chi connectivity index (χ2v) is 6.34. The minimum Gasteiger partial charge on any atom is -0.339 e. The van der Waals surface area contributed by atoms with E-state index in [4.69, 9.17) is 17.3 Å². The number of rotatable bonds is 5. The Balaban J connectivity index is 0.00000288. The van der Waals surface area contributed by atoms with Gasteiger partial charge in [-0.1, -0.05) is 11.6 Å². The summed E-state index contributed by atoms with van der Waals surface area (Å²) < 4.78 is 0. The quantitative estimate of drug-likeness (QED) is 0.830. The predicted molar refractivity (Wildman–Crippen MR) is 99.9 cm³/mol. The summed E-state index contributed by atoms with van der Waals surface area (Å²) in [5.41, 5.74) is 6.91. The lowest BCUT2D eigenvalue weighted by molar-refractivity contribution is -0.119. The third-order valence-corrected chi connectivity index (χ3v) is 4.67. The molecule has 7 heteroatoms. The minimum absolute atomic E-state index is 0. The van der Waals surface area contributed by atoms with Gasteiger partial charge in [0.05, 0.1) is 10.6 Å². The number of halogens is 2. The van der Waals surface area contributed by atoms with E-state index < -0.39 is 0 Å². The highest BCUT2D eigenvalue weighted by molar-refractivity contribution is 6.34. The summed E-state index contributed by atoms with van der Waals surface area (Å²) in [6.45, 7) is 5.12. The first-order valence-corrected chi connectivity index (χ1v) is 8.49. The molecule has 24 heavy (non-hydrogen) atoms. The van der Waals surface area contributed by atoms with Gasteiger partial charge in [0.25, 0.3) is 5.91 Å². The van der Waals surface area contributed by atoms with E-state index in [0.29, 0.717) is 29.4 Å². The van der Waals surface area contributed by atoms with Crippen LogP contribution in [0.3, 0.4) is 0 Å². The van der Waals surface area contributed by atoms with E-state index >= 15 is 0 Å². The molecule has 2 unspecified atom stereocenters. The van der Waals surface area contributed by atoms with Crippen molar-refractivity contribution in [2.75, 3.05) is 18.4 Å². The van der Waals surface area contributed by atoms with E-state index in [1.54, 1.807) is 23.1 Å². The van der Waals surface area contributed by atoms with Gasteiger partial charge >= 0.3 is 0 Å². The smallest absolute Gasteiger partial charge is 0.255 e. The van der Waals surface area contributed by atoms with Crippen LogP contribution in [-0.2, 0) is 4.79 Å². The largest absolute Gasteiger partial charge is 0.339 e. The van der Waals surface area contributed by atoms with Crippen molar-refractivity contribution in [3.63, 3.8) is 0 Å². The van der Waals surface area contributed by atoms with Crippen LogP contribution in [-0.4, -0.2) is 35.8 Å². The molecule has 1 aliphatic carbocycles. The summed E-state index contributed by atoms with van der Waals surface area (Å²) in [4.78, 5) is 26.3. The molecule has 5 nitrogen and oxygen atoms in total. The minimum atomic E-state index is -0.0976. The zero-order valence-corrected chi connectivity index (χ0v) is 15.6. The van der Waals surface area contributed by atoms with Crippen LogP contribution in [0.2, 0.25) is 5.02 Å². The number of anilines is 1. The number of carbonyl (C=O) groups excluding carboxylic acids is 2. The number of hydrogen-bond donors (Lipinski definition) is 2. The summed E-state index contributed by atoms with van der Waals surface area (Å²) in [7, 11) is 0. The number of benzene rings is 1. The van der Waals surface area contributed by atoms with E-state index in [0.717, 1.165) is 19.3 Å². The number of nitrogens with two attached hydrogens (primary N) is 1. The second kappa shape index (κ2) is 9.25. The van der Waals surface area contributed by atoms with Crippen LogP contribution in [0.15, 0.2) is 18.2 Å². The molecular formula is C17H25Cl2N3O2. The summed E-state index contributed by atoms with van der Waals surface area (Å²) in [6.07, 6.45) is 2.42. The zero-order chi connectivity index (χ0) is 17.0.